The lowest BCUT2D eigenvalue weighted by atomic mass is 9.89. The maximum atomic E-state index is 13.1. The van der Waals surface area contributed by atoms with E-state index in [9.17, 15) is 9.59 Å². The van der Waals surface area contributed by atoms with Gasteiger partial charge in [-0.05, 0) is 51.3 Å². The zero-order valence-electron chi connectivity index (χ0n) is 21.0. The second-order valence-electron chi connectivity index (χ2n) is 10.1. The third-order valence-corrected chi connectivity index (χ3v) is 6.15. The smallest absolute Gasteiger partial charge is 0.414 e. The number of carbonyl (C=O) groups is 2. The Kier molecular flexibility index (Phi) is 5.95. The van der Waals surface area contributed by atoms with Crippen LogP contribution in [0.15, 0.2) is 30.5 Å². The van der Waals surface area contributed by atoms with E-state index in [4.69, 9.17) is 14.2 Å². The van der Waals surface area contributed by atoms with Crippen molar-refractivity contribution in [1.29, 1.82) is 0 Å². The minimum absolute atomic E-state index is 0.00909. The highest BCUT2D eigenvalue weighted by molar-refractivity contribution is 5.96. The summed E-state index contributed by atoms with van der Waals surface area (Å²) in [6.45, 7) is 5.83. The van der Waals surface area contributed by atoms with Gasteiger partial charge in [0.05, 0.1) is 37.4 Å². The number of rotatable bonds is 2. The van der Waals surface area contributed by atoms with Crippen LogP contribution in [0.2, 0.25) is 0 Å². The molecule has 1 fully saturated rings. The van der Waals surface area contributed by atoms with Crippen LogP contribution in [-0.2, 0) is 16.1 Å². The molecular formula is C25H30N6O5. The third-order valence-electron chi connectivity index (χ3n) is 6.15. The second-order valence-corrected chi connectivity index (χ2v) is 10.1. The summed E-state index contributed by atoms with van der Waals surface area (Å²) in [5, 5.41) is 10.9. The fourth-order valence-electron chi connectivity index (χ4n) is 4.22. The van der Waals surface area contributed by atoms with Gasteiger partial charge < -0.3 is 24.8 Å². The summed E-state index contributed by atoms with van der Waals surface area (Å²) in [6, 6.07) is 7.45. The molecule has 3 aromatic rings. The van der Waals surface area contributed by atoms with Crippen molar-refractivity contribution in [3.05, 3.63) is 41.7 Å². The largest absolute Gasteiger partial charge is 0.495 e. The monoisotopic (exact) mass is 494 g/mol. The number of imidazole rings is 1. The topological polar surface area (TPSA) is 119 Å². The van der Waals surface area contributed by atoms with Crippen molar-refractivity contribution in [2.75, 3.05) is 24.4 Å². The summed E-state index contributed by atoms with van der Waals surface area (Å²) < 4.78 is 18.6. The van der Waals surface area contributed by atoms with Crippen molar-refractivity contribution in [3.8, 4) is 5.75 Å². The number of hydrogen-bond donors (Lipinski definition) is 2. The van der Waals surface area contributed by atoms with Gasteiger partial charge in [-0.1, -0.05) is 6.07 Å². The van der Waals surface area contributed by atoms with E-state index in [1.165, 1.54) is 15.6 Å². The van der Waals surface area contributed by atoms with E-state index in [0.29, 0.717) is 35.2 Å². The van der Waals surface area contributed by atoms with Gasteiger partial charge in [0, 0.05) is 19.2 Å². The Morgan fingerprint density at radius 1 is 1.25 bits per heavy atom. The lowest BCUT2D eigenvalue weighted by molar-refractivity contribution is -0.0251. The summed E-state index contributed by atoms with van der Waals surface area (Å²) in [7, 11) is 3.18. The molecule has 1 aromatic carbocycles. The standard InChI is InChI=1S/C25H30N6O5/c1-25(2,3)36-24(33)30(4)18-11-21-28-17-8-14(6-7-20(17)34-5)13-35-16-9-15(10-16)27-23(32)19-12-26-22(18)31(19)29-21/h6-8,11-12,15-16H,9-10,13H2,1-5H3,(H,27,32)(H,28,29). The highest BCUT2D eigenvalue weighted by atomic mass is 16.6. The van der Waals surface area contributed by atoms with Crippen LogP contribution in [0.3, 0.4) is 0 Å². The number of methoxy groups -OCH3 is 1. The molecule has 1 saturated carbocycles. The number of carbonyl (C=O) groups excluding carboxylic acids is 2. The van der Waals surface area contributed by atoms with E-state index in [1.54, 1.807) is 41.0 Å². The molecule has 0 unspecified atom stereocenters. The van der Waals surface area contributed by atoms with Gasteiger partial charge in [-0.2, -0.15) is 0 Å². The fraction of sp³-hybridized carbons (Fsp3) is 0.440. The Morgan fingerprint density at radius 2 is 2.03 bits per heavy atom. The van der Waals surface area contributed by atoms with Crippen LogP contribution in [0.5, 0.6) is 5.75 Å². The average Bonchev–Trinajstić information content (AvgIpc) is 3.22. The molecule has 11 nitrogen and oxygen atoms in total. The SMILES string of the molecule is COc1ccc2cc1Nc1cc(N(C)C(=O)OC(C)(C)C)c3ncc(n3n1)C(=O)NC1CC(C1)OC2. The molecule has 36 heavy (non-hydrogen) atoms. The van der Waals surface area contributed by atoms with Gasteiger partial charge in [-0.15, -0.1) is 5.10 Å². The summed E-state index contributed by atoms with van der Waals surface area (Å²) in [4.78, 5) is 31.8. The Bertz CT molecular complexity index is 1320. The van der Waals surface area contributed by atoms with E-state index in [0.717, 1.165) is 18.4 Å². The molecular weight excluding hydrogens is 464 g/mol. The zero-order valence-corrected chi connectivity index (χ0v) is 21.0. The van der Waals surface area contributed by atoms with Gasteiger partial charge in [-0.3, -0.25) is 9.69 Å². The van der Waals surface area contributed by atoms with Crippen molar-refractivity contribution in [1.82, 2.24) is 19.9 Å². The van der Waals surface area contributed by atoms with E-state index < -0.39 is 11.7 Å². The van der Waals surface area contributed by atoms with Crippen molar-refractivity contribution in [3.63, 3.8) is 0 Å². The first-order chi connectivity index (χ1) is 17.1. The molecule has 3 aliphatic rings. The molecule has 6 bridgehead atoms. The summed E-state index contributed by atoms with van der Waals surface area (Å²) in [5.74, 6) is 0.698. The van der Waals surface area contributed by atoms with E-state index in [-0.39, 0.29) is 23.7 Å². The average molecular weight is 495 g/mol. The van der Waals surface area contributed by atoms with Gasteiger partial charge in [0.15, 0.2) is 17.2 Å². The quantitative estimate of drug-likeness (QED) is 0.554. The second kappa shape index (κ2) is 8.98. The van der Waals surface area contributed by atoms with Crippen LogP contribution in [0.4, 0.5) is 22.0 Å². The van der Waals surface area contributed by atoms with E-state index in [1.807, 2.05) is 18.2 Å². The summed E-state index contributed by atoms with van der Waals surface area (Å²) >= 11 is 0. The number of amides is 2. The zero-order chi connectivity index (χ0) is 25.6. The molecule has 4 heterocycles. The minimum atomic E-state index is -0.682. The third kappa shape index (κ3) is 4.66. The van der Waals surface area contributed by atoms with Crippen molar-refractivity contribution in [2.45, 2.75) is 58.0 Å². The van der Waals surface area contributed by atoms with Crippen molar-refractivity contribution < 1.29 is 23.8 Å². The number of nitrogens with one attached hydrogen (secondary N) is 2. The normalized spacial score (nSPS) is 19.4. The molecule has 6 rings (SSSR count). The predicted octanol–water partition coefficient (Wildman–Crippen LogP) is 3.64. The highest BCUT2D eigenvalue weighted by Gasteiger charge is 2.33. The number of aromatic nitrogens is 3. The van der Waals surface area contributed by atoms with Crippen LogP contribution < -0.4 is 20.3 Å². The number of hydrogen-bond acceptors (Lipinski definition) is 8. The maximum Gasteiger partial charge on any atom is 0.414 e. The molecule has 2 N–H and O–H groups in total. The fourth-order valence-corrected chi connectivity index (χ4v) is 4.22. The first-order valence-corrected chi connectivity index (χ1v) is 11.8. The van der Waals surface area contributed by atoms with E-state index in [2.05, 4.69) is 20.7 Å². The molecule has 2 amide bonds. The van der Waals surface area contributed by atoms with Gasteiger partial charge >= 0.3 is 6.09 Å². The molecule has 1 aliphatic carbocycles. The molecule has 2 aromatic heterocycles. The lowest BCUT2D eigenvalue weighted by Gasteiger charge is -2.35. The molecule has 190 valence electrons. The Morgan fingerprint density at radius 3 is 2.75 bits per heavy atom. The molecule has 0 saturated heterocycles. The Balaban J connectivity index is 1.63. The molecule has 0 spiro atoms. The Hall–Kier alpha value is -3.86. The van der Waals surface area contributed by atoms with E-state index >= 15 is 0 Å². The lowest BCUT2D eigenvalue weighted by Crippen LogP contribution is -2.48. The van der Waals surface area contributed by atoms with Gasteiger partial charge in [-0.25, -0.2) is 14.3 Å². The number of anilines is 3. The van der Waals surface area contributed by atoms with Crippen LogP contribution in [0.25, 0.3) is 5.65 Å². The van der Waals surface area contributed by atoms with Crippen LogP contribution in [0.1, 0.15) is 49.7 Å². The number of nitrogens with zero attached hydrogens (tertiary/aromatic N) is 4. The summed E-state index contributed by atoms with van der Waals surface area (Å²) in [6.07, 6.45) is 2.44. The van der Waals surface area contributed by atoms with Crippen LogP contribution in [-0.4, -0.2) is 58.5 Å². The highest BCUT2D eigenvalue weighted by Crippen LogP contribution is 2.33. The molecule has 11 heteroatoms. The van der Waals surface area contributed by atoms with Gasteiger partial charge in [0.2, 0.25) is 0 Å². The first-order valence-electron chi connectivity index (χ1n) is 11.8. The minimum Gasteiger partial charge on any atom is -0.495 e. The predicted molar refractivity (Wildman–Crippen MR) is 133 cm³/mol. The van der Waals surface area contributed by atoms with Crippen LogP contribution in [0, 0.1) is 0 Å². The number of benzene rings is 1. The van der Waals surface area contributed by atoms with Gasteiger partial charge in [0.25, 0.3) is 5.91 Å². The number of fused-ring (bicyclic) bond motifs is 2. The maximum absolute atomic E-state index is 13.1. The first kappa shape index (κ1) is 23.9. The Labute approximate surface area is 208 Å². The number of ether oxygens (including phenoxy) is 3. The molecule has 2 aliphatic heterocycles. The van der Waals surface area contributed by atoms with Crippen LogP contribution >= 0.6 is 0 Å². The van der Waals surface area contributed by atoms with Gasteiger partial charge in [0.1, 0.15) is 11.4 Å². The summed E-state index contributed by atoms with van der Waals surface area (Å²) in [5.41, 5.74) is 1.98. The van der Waals surface area contributed by atoms with Crippen molar-refractivity contribution in [2.24, 2.45) is 0 Å². The van der Waals surface area contributed by atoms with Crippen molar-refractivity contribution >= 4 is 34.8 Å². The molecule has 0 atom stereocenters. The molecule has 0 radical (unpaired) electrons.